The molecular weight excluding hydrogens is 448 g/mol. The summed E-state index contributed by atoms with van der Waals surface area (Å²) in [6, 6.07) is 14.7. The largest absolute Gasteiger partial charge is 0.439 e. The SMILES string of the molecule is Nc1ccc2c3c(c(C(=O)Cl)sc13)C(N)C(=O)C2(N)c1ccc(Oc2ccccc2)nc1. The number of ketones is 1. The number of ether oxygens (including phenoxy) is 1. The summed E-state index contributed by atoms with van der Waals surface area (Å²) >= 11 is 6.89. The smallest absolute Gasteiger partial charge is 0.262 e. The lowest BCUT2D eigenvalue weighted by Crippen LogP contribution is -2.52. The van der Waals surface area contributed by atoms with Crippen LogP contribution in [-0.2, 0) is 10.3 Å². The van der Waals surface area contributed by atoms with Crippen LogP contribution in [-0.4, -0.2) is 16.0 Å². The molecule has 1 aliphatic carbocycles. The van der Waals surface area contributed by atoms with Crippen LogP contribution in [0, 0.1) is 0 Å². The van der Waals surface area contributed by atoms with Gasteiger partial charge in [-0.1, -0.05) is 24.3 Å². The average molecular weight is 465 g/mol. The van der Waals surface area contributed by atoms with E-state index >= 15 is 0 Å². The van der Waals surface area contributed by atoms with Gasteiger partial charge in [-0.3, -0.25) is 9.59 Å². The number of rotatable bonds is 4. The van der Waals surface area contributed by atoms with E-state index in [0.717, 1.165) is 11.3 Å². The van der Waals surface area contributed by atoms with Crippen LogP contribution in [0.1, 0.15) is 32.4 Å². The number of para-hydroxylation sites is 1. The minimum absolute atomic E-state index is 0.202. The van der Waals surface area contributed by atoms with E-state index in [1.807, 2.05) is 30.3 Å². The molecule has 5 rings (SSSR count). The Morgan fingerprint density at radius 2 is 1.88 bits per heavy atom. The van der Waals surface area contributed by atoms with Gasteiger partial charge in [0.25, 0.3) is 5.24 Å². The third kappa shape index (κ3) is 2.92. The van der Waals surface area contributed by atoms with E-state index in [0.29, 0.717) is 44.1 Å². The van der Waals surface area contributed by atoms with Gasteiger partial charge in [0, 0.05) is 34.5 Å². The molecule has 2 aromatic carbocycles. The number of nitrogens with zero attached hydrogens (tertiary/aromatic N) is 1. The topological polar surface area (TPSA) is 134 Å². The van der Waals surface area contributed by atoms with Crippen molar-refractivity contribution in [3.05, 3.63) is 82.4 Å². The van der Waals surface area contributed by atoms with Gasteiger partial charge in [-0.15, -0.1) is 11.3 Å². The number of anilines is 1. The minimum atomic E-state index is -1.58. The number of nitrogens with two attached hydrogens (primary N) is 3. The Kier molecular flexibility index (Phi) is 4.75. The van der Waals surface area contributed by atoms with Crippen molar-refractivity contribution in [1.82, 2.24) is 4.98 Å². The molecule has 4 aromatic rings. The fraction of sp³-hybridized carbons (Fsp3) is 0.0870. The van der Waals surface area contributed by atoms with Gasteiger partial charge in [0.15, 0.2) is 5.78 Å². The van der Waals surface area contributed by atoms with Crippen molar-refractivity contribution in [2.45, 2.75) is 11.6 Å². The molecule has 7 nitrogen and oxygen atoms in total. The molecule has 2 aromatic heterocycles. The summed E-state index contributed by atoms with van der Waals surface area (Å²) in [5, 5.41) is -0.0957. The molecule has 0 saturated heterocycles. The van der Waals surface area contributed by atoms with E-state index in [-0.39, 0.29) is 4.88 Å². The molecule has 0 aliphatic heterocycles. The number of thiophene rings is 1. The van der Waals surface area contributed by atoms with Crippen LogP contribution >= 0.6 is 22.9 Å². The van der Waals surface area contributed by atoms with Gasteiger partial charge in [0.05, 0.1) is 15.6 Å². The predicted molar refractivity (Wildman–Crippen MR) is 124 cm³/mol. The standard InChI is InChI=1S/C23H17ClN4O3S/c24-22(30)20-17-16-13(7-8-14(25)19(16)32-20)23(27,21(29)18(17)26)11-6-9-15(28-10-11)31-12-4-2-1-3-5-12/h1-10,18H,25-27H2. The Morgan fingerprint density at radius 3 is 2.53 bits per heavy atom. The molecule has 160 valence electrons. The molecule has 0 bridgehead atoms. The molecule has 2 unspecified atom stereocenters. The van der Waals surface area contributed by atoms with Gasteiger partial charge < -0.3 is 21.9 Å². The summed E-state index contributed by atoms with van der Waals surface area (Å²) in [4.78, 5) is 30.1. The van der Waals surface area contributed by atoms with E-state index in [4.69, 9.17) is 33.5 Å². The quantitative estimate of drug-likeness (QED) is 0.308. The zero-order valence-electron chi connectivity index (χ0n) is 16.5. The number of halogens is 1. The number of carbonyl (C=O) groups excluding carboxylic acids is 2. The van der Waals surface area contributed by atoms with Crippen molar-refractivity contribution in [3.8, 4) is 11.6 Å². The number of aromatic nitrogens is 1. The van der Waals surface area contributed by atoms with Gasteiger partial charge in [-0.2, -0.15) is 0 Å². The maximum absolute atomic E-state index is 13.5. The zero-order valence-corrected chi connectivity index (χ0v) is 18.1. The third-order valence-corrected chi connectivity index (χ3v) is 7.20. The molecule has 2 heterocycles. The lowest BCUT2D eigenvalue weighted by molar-refractivity contribution is -0.124. The molecule has 0 spiro atoms. The maximum atomic E-state index is 13.5. The fourth-order valence-corrected chi connectivity index (χ4v) is 5.46. The molecule has 0 amide bonds. The Balaban J connectivity index is 1.66. The van der Waals surface area contributed by atoms with Crippen LogP contribution in [0.15, 0.2) is 60.8 Å². The van der Waals surface area contributed by atoms with E-state index in [9.17, 15) is 9.59 Å². The lowest BCUT2D eigenvalue weighted by Gasteiger charge is -2.36. The van der Waals surface area contributed by atoms with Gasteiger partial charge in [-0.05, 0) is 41.4 Å². The monoisotopic (exact) mass is 464 g/mol. The van der Waals surface area contributed by atoms with Gasteiger partial charge >= 0.3 is 0 Å². The third-order valence-electron chi connectivity index (χ3n) is 5.65. The summed E-state index contributed by atoms with van der Waals surface area (Å²) in [6.07, 6.45) is 1.50. The number of carbonyl (C=O) groups is 2. The summed E-state index contributed by atoms with van der Waals surface area (Å²) in [6.45, 7) is 0. The van der Waals surface area contributed by atoms with Crippen LogP contribution in [0.2, 0.25) is 0 Å². The van der Waals surface area contributed by atoms with Crippen LogP contribution in [0.4, 0.5) is 5.69 Å². The summed E-state index contributed by atoms with van der Waals surface area (Å²) in [5.41, 5.74) is 19.4. The van der Waals surface area contributed by atoms with Gasteiger partial charge in [0.1, 0.15) is 11.3 Å². The molecular formula is C23H17ClN4O3S. The molecule has 0 radical (unpaired) electrons. The normalized spacial score (nSPS) is 19.8. The number of nitrogen functional groups attached to an aromatic ring is 1. The molecule has 0 fully saturated rings. The molecule has 1 aliphatic rings. The van der Waals surface area contributed by atoms with Gasteiger partial charge in [-0.25, -0.2) is 4.98 Å². The second-order valence-electron chi connectivity index (χ2n) is 7.48. The number of pyridine rings is 1. The first-order valence-electron chi connectivity index (χ1n) is 9.65. The number of hydrogen-bond acceptors (Lipinski definition) is 8. The van der Waals surface area contributed by atoms with Crippen LogP contribution < -0.4 is 21.9 Å². The lowest BCUT2D eigenvalue weighted by atomic mass is 9.71. The molecule has 9 heteroatoms. The van der Waals surface area contributed by atoms with Crippen molar-refractivity contribution < 1.29 is 14.3 Å². The minimum Gasteiger partial charge on any atom is -0.439 e. The molecule has 0 saturated carbocycles. The van der Waals surface area contributed by atoms with Crippen molar-refractivity contribution in [3.63, 3.8) is 0 Å². The van der Waals surface area contributed by atoms with Crippen molar-refractivity contribution in [2.24, 2.45) is 11.5 Å². The van der Waals surface area contributed by atoms with E-state index in [1.165, 1.54) is 6.20 Å². The maximum Gasteiger partial charge on any atom is 0.262 e. The van der Waals surface area contributed by atoms with Crippen molar-refractivity contribution >= 4 is 49.7 Å². The highest BCUT2D eigenvalue weighted by Gasteiger charge is 2.48. The Labute approximate surface area is 191 Å². The first-order valence-corrected chi connectivity index (χ1v) is 10.8. The highest BCUT2D eigenvalue weighted by Crippen LogP contribution is 2.49. The molecule has 6 N–H and O–H groups in total. The highest BCUT2D eigenvalue weighted by molar-refractivity contribution is 7.23. The Morgan fingerprint density at radius 1 is 1.12 bits per heavy atom. The summed E-state index contributed by atoms with van der Waals surface area (Å²) < 4.78 is 6.35. The number of benzene rings is 2. The van der Waals surface area contributed by atoms with E-state index < -0.39 is 22.6 Å². The fourth-order valence-electron chi connectivity index (χ4n) is 4.11. The molecule has 32 heavy (non-hydrogen) atoms. The Bertz CT molecular complexity index is 1390. The van der Waals surface area contributed by atoms with E-state index in [1.54, 1.807) is 24.3 Å². The molecule has 2 atom stereocenters. The van der Waals surface area contributed by atoms with Crippen molar-refractivity contribution in [2.75, 3.05) is 5.73 Å². The first-order chi connectivity index (χ1) is 15.3. The van der Waals surface area contributed by atoms with Gasteiger partial charge in [0.2, 0.25) is 5.88 Å². The summed E-state index contributed by atoms with van der Waals surface area (Å²) in [7, 11) is 0. The predicted octanol–water partition coefficient (Wildman–Crippen LogP) is 3.83. The van der Waals surface area contributed by atoms with Crippen LogP contribution in [0.3, 0.4) is 0 Å². The second kappa shape index (κ2) is 7.39. The van der Waals surface area contributed by atoms with Crippen molar-refractivity contribution in [1.29, 1.82) is 0 Å². The van der Waals surface area contributed by atoms with Crippen LogP contribution in [0.25, 0.3) is 10.1 Å². The first kappa shape index (κ1) is 20.6. The highest BCUT2D eigenvalue weighted by atomic mass is 35.5. The van der Waals surface area contributed by atoms with E-state index in [2.05, 4.69) is 4.98 Å². The Hall–Kier alpha value is -3.30. The average Bonchev–Trinajstić information content (AvgIpc) is 3.20. The van der Waals surface area contributed by atoms with Crippen LogP contribution in [0.5, 0.6) is 11.6 Å². The number of hydrogen-bond donors (Lipinski definition) is 3. The second-order valence-corrected chi connectivity index (χ2v) is 8.84. The zero-order chi connectivity index (χ0) is 22.6. The summed E-state index contributed by atoms with van der Waals surface area (Å²) in [5.74, 6) is 0.518. The number of Topliss-reactive ketones (excluding diaryl/α,β-unsaturated/α-hetero) is 1.